The van der Waals surface area contributed by atoms with Gasteiger partial charge in [0.2, 0.25) is 0 Å². The summed E-state index contributed by atoms with van der Waals surface area (Å²) >= 11 is 0. The summed E-state index contributed by atoms with van der Waals surface area (Å²) in [5.41, 5.74) is 0. The van der Waals surface area contributed by atoms with Crippen LogP contribution in [-0.4, -0.2) is 42.9 Å². The number of nitrogens with one attached hydrogen (secondary N) is 2. The van der Waals surface area contributed by atoms with Gasteiger partial charge in [-0.05, 0) is 32.1 Å². The second-order valence-corrected chi connectivity index (χ2v) is 5.51. The number of aliphatic carboxylic acids is 1. The predicted molar refractivity (Wildman–Crippen MR) is 75.6 cm³/mol. The lowest BCUT2D eigenvalue weighted by atomic mass is 9.84. The van der Waals surface area contributed by atoms with E-state index in [-0.39, 0.29) is 12.0 Å². The van der Waals surface area contributed by atoms with Crippen molar-refractivity contribution in [3.8, 4) is 0 Å². The van der Waals surface area contributed by atoms with E-state index < -0.39 is 18.0 Å². The average Bonchev–Trinajstić information content (AvgIpc) is 2.43. The van der Waals surface area contributed by atoms with E-state index in [4.69, 9.17) is 4.74 Å². The molecule has 20 heavy (non-hydrogen) atoms. The molecule has 6 heteroatoms. The van der Waals surface area contributed by atoms with Crippen LogP contribution in [0, 0.1) is 5.92 Å². The Balaban J connectivity index is 2.44. The number of carboxylic acids is 1. The summed E-state index contributed by atoms with van der Waals surface area (Å²) in [5, 5.41) is 14.6. The normalized spacial score (nSPS) is 19.1. The Hall–Kier alpha value is -1.30. The fraction of sp³-hybridized carbons (Fsp3) is 0.857. The van der Waals surface area contributed by atoms with E-state index in [1.807, 2.05) is 6.92 Å². The second-order valence-electron chi connectivity index (χ2n) is 5.51. The molecule has 2 amide bonds. The maximum Gasteiger partial charge on any atom is 0.326 e. The van der Waals surface area contributed by atoms with Crippen molar-refractivity contribution in [1.82, 2.24) is 10.6 Å². The van der Waals surface area contributed by atoms with Gasteiger partial charge >= 0.3 is 12.0 Å². The van der Waals surface area contributed by atoms with Crippen molar-refractivity contribution in [2.24, 2.45) is 5.92 Å². The largest absolute Gasteiger partial charge is 0.480 e. The number of methoxy groups -OCH3 is 1. The topological polar surface area (TPSA) is 87.7 Å². The number of hydrogen-bond donors (Lipinski definition) is 3. The van der Waals surface area contributed by atoms with Gasteiger partial charge in [0.25, 0.3) is 0 Å². The molecular weight excluding hydrogens is 260 g/mol. The van der Waals surface area contributed by atoms with Crippen LogP contribution in [0.5, 0.6) is 0 Å². The molecule has 0 bridgehead atoms. The molecule has 3 N–H and O–H groups in total. The lowest BCUT2D eigenvalue weighted by Crippen LogP contribution is -2.51. The zero-order chi connectivity index (χ0) is 15.0. The standard InChI is InChI=1S/C14H26N2O4/c1-10(8-9-20-2)15-14(19)16-12(13(17)18)11-6-4-3-5-7-11/h10-12H,3-9H2,1-2H3,(H,17,18)(H2,15,16,19). The first-order chi connectivity index (χ1) is 9.54. The van der Waals surface area contributed by atoms with Crippen LogP contribution in [0.25, 0.3) is 0 Å². The van der Waals surface area contributed by atoms with E-state index >= 15 is 0 Å². The van der Waals surface area contributed by atoms with Crippen LogP contribution in [0.2, 0.25) is 0 Å². The van der Waals surface area contributed by atoms with Crippen LogP contribution < -0.4 is 10.6 Å². The van der Waals surface area contributed by atoms with E-state index in [2.05, 4.69) is 10.6 Å². The molecule has 0 spiro atoms. The molecule has 116 valence electrons. The Labute approximate surface area is 120 Å². The highest BCUT2D eigenvalue weighted by Crippen LogP contribution is 2.26. The van der Waals surface area contributed by atoms with E-state index in [1.165, 1.54) is 0 Å². The van der Waals surface area contributed by atoms with Crippen molar-refractivity contribution in [3.63, 3.8) is 0 Å². The number of ether oxygens (including phenoxy) is 1. The Morgan fingerprint density at radius 2 is 1.90 bits per heavy atom. The van der Waals surface area contributed by atoms with Gasteiger partial charge in [-0.15, -0.1) is 0 Å². The second kappa shape index (κ2) is 8.79. The molecule has 0 aliphatic heterocycles. The number of amides is 2. The SMILES string of the molecule is COCCC(C)NC(=O)NC(C(=O)O)C1CCCCC1. The molecule has 0 saturated heterocycles. The van der Waals surface area contributed by atoms with Gasteiger partial charge in [-0.3, -0.25) is 0 Å². The molecule has 0 aromatic rings. The van der Waals surface area contributed by atoms with Crippen LogP contribution in [-0.2, 0) is 9.53 Å². The van der Waals surface area contributed by atoms with Crippen LogP contribution >= 0.6 is 0 Å². The maximum atomic E-state index is 11.8. The molecule has 1 rings (SSSR count). The summed E-state index contributed by atoms with van der Waals surface area (Å²) in [4.78, 5) is 23.2. The molecule has 0 radical (unpaired) electrons. The molecule has 1 saturated carbocycles. The van der Waals surface area contributed by atoms with Gasteiger partial charge < -0.3 is 20.5 Å². The molecule has 0 aromatic heterocycles. The zero-order valence-corrected chi connectivity index (χ0v) is 12.4. The quantitative estimate of drug-likeness (QED) is 0.665. The van der Waals surface area contributed by atoms with Gasteiger partial charge in [-0.25, -0.2) is 9.59 Å². The molecule has 1 aliphatic rings. The molecule has 1 fully saturated rings. The minimum atomic E-state index is -0.948. The Morgan fingerprint density at radius 1 is 1.25 bits per heavy atom. The van der Waals surface area contributed by atoms with Crippen LogP contribution in [0.3, 0.4) is 0 Å². The summed E-state index contributed by atoms with van der Waals surface area (Å²) in [6.07, 6.45) is 5.69. The molecule has 6 nitrogen and oxygen atoms in total. The Bertz CT molecular complexity index is 316. The minimum Gasteiger partial charge on any atom is -0.480 e. The summed E-state index contributed by atoms with van der Waals surface area (Å²) in [6, 6.07) is -1.24. The number of carbonyl (C=O) groups excluding carboxylic acids is 1. The Morgan fingerprint density at radius 3 is 2.45 bits per heavy atom. The minimum absolute atomic E-state index is 0.0429. The molecule has 2 unspecified atom stereocenters. The number of hydrogen-bond acceptors (Lipinski definition) is 3. The van der Waals surface area contributed by atoms with Crippen molar-refractivity contribution in [1.29, 1.82) is 0 Å². The lowest BCUT2D eigenvalue weighted by molar-refractivity contribution is -0.141. The maximum absolute atomic E-state index is 11.8. The molecule has 0 heterocycles. The van der Waals surface area contributed by atoms with Gasteiger partial charge in [0.15, 0.2) is 0 Å². The first-order valence-corrected chi connectivity index (χ1v) is 7.33. The van der Waals surface area contributed by atoms with Gasteiger partial charge in [0, 0.05) is 19.8 Å². The number of carboxylic acid groups (broad SMARTS) is 1. The highest BCUT2D eigenvalue weighted by molar-refractivity contribution is 5.82. The van der Waals surface area contributed by atoms with E-state index in [0.717, 1.165) is 32.1 Å². The average molecular weight is 286 g/mol. The first kappa shape index (κ1) is 16.8. The van der Waals surface area contributed by atoms with E-state index in [1.54, 1.807) is 7.11 Å². The van der Waals surface area contributed by atoms with Crippen LogP contribution in [0.1, 0.15) is 45.4 Å². The summed E-state index contributed by atoms with van der Waals surface area (Å²) < 4.78 is 4.94. The number of urea groups is 1. The highest BCUT2D eigenvalue weighted by atomic mass is 16.5. The van der Waals surface area contributed by atoms with Crippen LogP contribution in [0.4, 0.5) is 4.79 Å². The molecule has 1 aliphatic carbocycles. The highest BCUT2D eigenvalue weighted by Gasteiger charge is 2.30. The monoisotopic (exact) mass is 286 g/mol. The first-order valence-electron chi connectivity index (χ1n) is 7.33. The van der Waals surface area contributed by atoms with Crippen molar-refractivity contribution in [2.45, 2.75) is 57.5 Å². The molecular formula is C14H26N2O4. The van der Waals surface area contributed by atoms with Crippen molar-refractivity contribution in [2.75, 3.05) is 13.7 Å². The lowest BCUT2D eigenvalue weighted by Gasteiger charge is -2.28. The smallest absolute Gasteiger partial charge is 0.326 e. The van der Waals surface area contributed by atoms with Crippen molar-refractivity contribution >= 4 is 12.0 Å². The summed E-state index contributed by atoms with van der Waals surface area (Å²) in [5.74, 6) is -0.905. The van der Waals surface area contributed by atoms with Gasteiger partial charge in [-0.2, -0.15) is 0 Å². The summed E-state index contributed by atoms with van der Waals surface area (Å²) in [7, 11) is 1.61. The van der Waals surface area contributed by atoms with Gasteiger partial charge in [0.1, 0.15) is 6.04 Å². The van der Waals surface area contributed by atoms with Crippen molar-refractivity contribution < 1.29 is 19.4 Å². The van der Waals surface area contributed by atoms with Gasteiger partial charge in [0.05, 0.1) is 0 Å². The molecule has 2 atom stereocenters. The van der Waals surface area contributed by atoms with Crippen LogP contribution in [0.15, 0.2) is 0 Å². The number of rotatable bonds is 7. The third kappa shape index (κ3) is 5.77. The summed E-state index contributed by atoms with van der Waals surface area (Å²) in [6.45, 7) is 2.43. The third-order valence-electron chi connectivity index (χ3n) is 3.81. The molecule has 0 aromatic carbocycles. The number of carbonyl (C=O) groups is 2. The van der Waals surface area contributed by atoms with Crippen molar-refractivity contribution in [3.05, 3.63) is 0 Å². The van der Waals surface area contributed by atoms with Gasteiger partial charge in [-0.1, -0.05) is 19.3 Å². The van der Waals surface area contributed by atoms with E-state index in [9.17, 15) is 14.7 Å². The zero-order valence-electron chi connectivity index (χ0n) is 12.4. The Kier molecular flexibility index (Phi) is 7.36. The fourth-order valence-electron chi connectivity index (χ4n) is 2.62. The third-order valence-corrected chi connectivity index (χ3v) is 3.81. The fourth-order valence-corrected chi connectivity index (χ4v) is 2.62. The predicted octanol–water partition coefficient (Wildman–Crippen LogP) is 1.74. The van der Waals surface area contributed by atoms with E-state index in [0.29, 0.717) is 13.0 Å².